The molecular formula is C36H61N2O6P. The Balaban J connectivity index is 4.49. The maximum Gasteiger partial charge on any atom is 0.268 e. The van der Waals surface area contributed by atoms with E-state index in [1.54, 1.807) is 6.08 Å². The number of amides is 1. The van der Waals surface area contributed by atoms with Crippen LogP contribution in [0, 0.1) is 0 Å². The van der Waals surface area contributed by atoms with Crippen LogP contribution in [0.15, 0.2) is 85.1 Å². The Hall–Kier alpha value is -2.32. The molecule has 0 aliphatic rings. The summed E-state index contributed by atoms with van der Waals surface area (Å²) in [7, 11) is 1.19. The van der Waals surface area contributed by atoms with Crippen LogP contribution in [-0.4, -0.2) is 68.5 Å². The smallest absolute Gasteiger partial charge is 0.268 e. The van der Waals surface area contributed by atoms with Crippen LogP contribution in [0.3, 0.4) is 0 Å². The van der Waals surface area contributed by atoms with E-state index in [1.807, 2.05) is 39.4 Å². The fourth-order valence-electron chi connectivity index (χ4n) is 3.69. The van der Waals surface area contributed by atoms with Crippen LogP contribution in [0.4, 0.5) is 0 Å². The number of phosphoric acid groups is 1. The lowest BCUT2D eigenvalue weighted by molar-refractivity contribution is -0.870. The molecule has 0 fully saturated rings. The molecule has 0 bridgehead atoms. The van der Waals surface area contributed by atoms with Gasteiger partial charge in [0, 0.05) is 6.42 Å². The van der Waals surface area contributed by atoms with Gasteiger partial charge in [-0.05, 0) is 51.4 Å². The number of hydrogen-bond acceptors (Lipinski definition) is 6. The zero-order valence-electron chi connectivity index (χ0n) is 28.5. The summed E-state index contributed by atoms with van der Waals surface area (Å²) >= 11 is 0. The number of carbonyl (C=O) groups is 1. The number of likely N-dealkylation sites (N-methyl/N-ethyl adjacent to an activating group) is 1. The van der Waals surface area contributed by atoms with E-state index in [0.717, 1.165) is 57.8 Å². The zero-order chi connectivity index (χ0) is 33.7. The summed E-state index contributed by atoms with van der Waals surface area (Å²) < 4.78 is 22.7. The average molecular weight is 649 g/mol. The molecule has 0 aromatic carbocycles. The highest BCUT2D eigenvalue weighted by Gasteiger charge is 2.23. The van der Waals surface area contributed by atoms with Gasteiger partial charge in [0.1, 0.15) is 13.2 Å². The van der Waals surface area contributed by atoms with E-state index < -0.39 is 26.6 Å². The van der Waals surface area contributed by atoms with Crippen molar-refractivity contribution in [1.82, 2.24) is 5.32 Å². The number of rotatable bonds is 27. The van der Waals surface area contributed by atoms with Crippen molar-refractivity contribution < 1.29 is 32.9 Å². The van der Waals surface area contributed by atoms with Crippen molar-refractivity contribution in [2.24, 2.45) is 0 Å². The molecule has 0 saturated heterocycles. The molecule has 0 saturated carbocycles. The van der Waals surface area contributed by atoms with Gasteiger partial charge >= 0.3 is 0 Å². The first kappa shape index (κ1) is 42.7. The van der Waals surface area contributed by atoms with Crippen LogP contribution in [-0.2, 0) is 18.4 Å². The van der Waals surface area contributed by atoms with Crippen LogP contribution in [0.1, 0.15) is 84.5 Å². The topological polar surface area (TPSA) is 108 Å². The van der Waals surface area contributed by atoms with Crippen molar-refractivity contribution >= 4 is 13.7 Å². The van der Waals surface area contributed by atoms with Crippen LogP contribution in [0.25, 0.3) is 0 Å². The van der Waals surface area contributed by atoms with Crippen molar-refractivity contribution in [2.75, 3.05) is 40.9 Å². The third kappa shape index (κ3) is 30.1. The second kappa shape index (κ2) is 27.9. The van der Waals surface area contributed by atoms with E-state index in [9.17, 15) is 19.4 Å². The molecule has 3 unspecified atom stereocenters. The third-order valence-corrected chi connectivity index (χ3v) is 7.34. The molecule has 0 rings (SSSR count). The van der Waals surface area contributed by atoms with Crippen LogP contribution < -0.4 is 10.2 Å². The first-order chi connectivity index (χ1) is 21.5. The van der Waals surface area contributed by atoms with Gasteiger partial charge in [0.05, 0.1) is 39.9 Å². The molecule has 256 valence electrons. The number of aliphatic hydroxyl groups is 1. The highest BCUT2D eigenvalue weighted by atomic mass is 31.2. The minimum Gasteiger partial charge on any atom is -0.756 e. The molecule has 0 aliphatic carbocycles. The molecule has 0 aliphatic heterocycles. The predicted octanol–water partition coefficient (Wildman–Crippen LogP) is 7.26. The molecule has 0 radical (unpaired) electrons. The average Bonchev–Trinajstić information content (AvgIpc) is 2.97. The molecule has 8 nitrogen and oxygen atoms in total. The Kier molecular flexibility index (Phi) is 26.5. The predicted molar refractivity (Wildman–Crippen MR) is 186 cm³/mol. The Morgan fingerprint density at radius 2 is 1.31 bits per heavy atom. The second-order valence-corrected chi connectivity index (χ2v) is 13.2. The fourth-order valence-corrected chi connectivity index (χ4v) is 4.41. The van der Waals surface area contributed by atoms with Crippen molar-refractivity contribution in [2.45, 2.75) is 96.6 Å². The Labute approximate surface area is 274 Å². The van der Waals surface area contributed by atoms with Crippen molar-refractivity contribution in [3.8, 4) is 0 Å². The Morgan fingerprint density at radius 1 is 0.800 bits per heavy atom. The molecule has 3 atom stereocenters. The molecule has 1 amide bonds. The molecule has 0 heterocycles. The molecular weight excluding hydrogens is 587 g/mol. The SMILES string of the molecule is CC/C=C\C/C=C\C/C=C\C/C=C\C/C=C\C/C=C\CCC(=O)NC(COP(=O)([O-])OCC[N+](C)(C)C)C(O)/C=C/CCCC. The van der Waals surface area contributed by atoms with Gasteiger partial charge in [-0.3, -0.25) is 9.36 Å². The van der Waals surface area contributed by atoms with E-state index in [-0.39, 0.29) is 18.9 Å². The quantitative estimate of drug-likeness (QED) is 0.0420. The largest absolute Gasteiger partial charge is 0.756 e. The molecule has 2 N–H and O–H groups in total. The number of unbranched alkanes of at least 4 members (excludes halogenated alkanes) is 2. The summed E-state index contributed by atoms with van der Waals surface area (Å²) in [5, 5.41) is 13.3. The van der Waals surface area contributed by atoms with Gasteiger partial charge in [0.25, 0.3) is 7.82 Å². The first-order valence-corrected chi connectivity index (χ1v) is 17.9. The molecule has 0 aromatic heterocycles. The molecule has 0 spiro atoms. The second-order valence-electron chi connectivity index (χ2n) is 11.8. The number of nitrogens with zero attached hydrogens (tertiary/aromatic N) is 1. The maximum atomic E-state index is 12.6. The van der Waals surface area contributed by atoms with Crippen molar-refractivity contribution in [3.05, 3.63) is 85.1 Å². The molecule has 9 heteroatoms. The monoisotopic (exact) mass is 648 g/mol. The number of hydrogen-bond donors (Lipinski definition) is 2. The standard InChI is InChI=1S/C36H61N2O6P/c1-6-8-10-12-13-14-15-16-17-18-19-20-21-22-23-24-25-26-28-30-36(40)37-34(35(39)29-27-11-9-7-2)33-44-45(41,42)43-32-31-38(3,4)5/h8,10,13-14,16-17,19-20,22-23,25-27,29,34-35,39H,6-7,9,11-12,15,18,21,24,28,30-33H2,1-5H3,(H-,37,40,41,42)/b10-8-,14-13-,17-16-,20-19-,23-22-,26-25-,29-27+. The number of aliphatic hydroxyl groups excluding tert-OH is 1. The fraction of sp³-hybridized carbons (Fsp3) is 0.583. The summed E-state index contributed by atoms with van der Waals surface area (Å²) in [5.41, 5.74) is 0. The van der Waals surface area contributed by atoms with Gasteiger partial charge in [0.2, 0.25) is 5.91 Å². The Morgan fingerprint density at radius 3 is 1.80 bits per heavy atom. The van der Waals surface area contributed by atoms with Gasteiger partial charge < -0.3 is 28.8 Å². The van der Waals surface area contributed by atoms with E-state index in [4.69, 9.17) is 9.05 Å². The summed E-state index contributed by atoms with van der Waals surface area (Å²) in [4.78, 5) is 24.8. The number of allylic oxidation sites excluding steroid dienone is 13. The highest BCUT2D eigenvalue weighted by molar-refractivity contribution is 7.45. The van der Waals surface area contributed by atoms with Crippen LogP contribution >= 0.6 is 7.82 Å². The van der Waals surface area contributed by atoms with E-state index in [0.29, 0.717) is 17.4 Å². The van der Waals surface area contributed by atoms with Gasteiger partial charge in [-0.25, -0.2) is 0 Å². The normalized spacial score (nSPS) is 16.0. The van der Waals surface area contributed by atoms with E-state index in [2.05, 4.69) is 79.9 Å². The summed E-state index contributed by atoms with van der Waals surface area (Å²) in [6.45, 7) is 4.25. The lowest BCUT2D eigenvalue weighted by Crippen LogP contribution is -2.45. The highest BCUT2D eigenvalue weighted by Crippen LogP contribution is 2.38. The molecule has 0 aromatic rings. The summed E-state index contributed by atoms with van der Waals surface area (Å²) in [6.07, 6.45) is 37.0. The van der Waals surface area contributed by atoms with Gasteiger partial charge in [-0.1, -0.05) is 112 Å². The van der Waals surface area contributed by atoms with Crippen molar-refractivity contribution in [1.29, 1.82) is 0 Å². The van der Waals surface area contributed by atoms with Crippen molar-refractivity contribution in [3.63, 3.8) is 0 Å². The van der Waals surface area contributed by atoms with E-state index in [1.165, 1.54) is 0 Å². The Bertz CT molecular complexity index is 1010. The van der Waals surface area contributed by atoms with Gasteiger partial charge in [-0.15, -0.1) is 0 Å². The van der Waals surface area contributed by atoms with Crippen LogP contribution in [0.5, 0.6) is 0 Å². The summed E-state index contributed by atoms with van der Waals surface area (Å²) in [6, 6.07) is -0.926. The lowest BCUT2D eigenvalue weighted by Gasteiger charge is -2.29. The lowest BCUT2D eigenvalue weighted by atomic mass is 10.1. The number of phosphoric ester groups is 1. The molecule has 45 heavy (non-hydrogen) atoms. The minimum atomic E-state index is -4.58. The minimum absolute atomic E-state index is 0.0211. The number of quaternary nitrogens is 1. The zero-order valence-corrected chi connectivity index (χ0v) is 29.4. The first-order valence-electron chi connectivity index (χ1n) is 16.4. The van der Waals surface area contributed by atoms with Gasteiger partial charge in [-0.2, -0.15) is 0 Å². The number of carbonyl (C=O) groups excluding carboxylic acids is 1. The van der Waals surface area contributed by atoms with Crippen LogP contribution in [0.2, 0.25) is 0 Å². The summed E-state index contributed by atoms with van der Waals surface area (Å²) in [5.74, 6) is -0.296. The number of nitrogens with one attached hydrogen (secondary N) is 1. The van der Waals surface area contributed by atoms with E-state index >= 15 is 0 Å². The third-order valence-electron chi connectivity index (χ3n) is 6.37. The maximum absolute atomic E-state index is 12.6. The van der Waals surface area contributed by atoms with Gasteiger partial charge in [0.15, 0.2) is 0 Å².